The molecule has 0 bridgehead atoms. The Morgan fingerprint density at radius 3 is 3.18 bits per heavy atom. The van der Waals surface area contributed by atoms with Gasteiger partial charge in [-0.05, 0) is 0 Å². The minimum atomic E-state index is -0.450. The molecule has 1 amide bonds. The van der Waals surface area contributed by atoms with Crippen molar-refractivity contribution < 1.29 is 9.53 Å². The van der Waals surface area contributed by atoms with Crippen LogP contribution in [-0.2, 0) is 16.1 Å². The van der Waals surface area contributed by atoms with Gasteiger partial charge in [0.1, 0.15) is 6.61 Å². The number of rotatable bonds is 4. The van der Waals surface area contributed by atoms with E-state index in [4.69, 9.17) is 10.5 Å². The van der Waals surface area contributed by atoms with Crippen molar-refractivity contribution in [1.82, 2.24) is 4.98 Å². The van der Waals surface area contributed by atoms with Crippen molar-refractivity contribution in [3.63, 3.8) is 0 Å². The molecule has 0 atom stereocenters. The van der Waals surface area contributed by atoms with Crippen molar-refractivity contribution in [2.75, 3.05) is 6.61 Å². The van der Waals surface area contributed by atoms with Gasteiger partial charge in [0, 0.05) is 6.20 Å². The van der Waals surface area contributed by atoms with Crippen molar-refractivity contribution in [2.24, 2.45) is 5.73 Å². The molecule has 1 heterocycles. The Morgan fingerprint density at radius 2 is 2.64 bits per heavy atom. The first-order chi connectivity index (χ1) is 5.29. The van der Waals surface area contributed by atoms with Crippen molar-refractivity contribution in [1.29, 1.82) is 0 Å². The van der Waals surface area contributed by atoms with Crippen molar-refractivity contribution in [3.05, 3.63) is 16.6 Å². The van der Waals surface area contributed by atoms with Gasteiger partial charge in [0.2, 0.25) is 5.91 Å². The molecule has 1 aromatic heterocycles. The Hall–Kier alpha value is -0.940. The largest absolute Gasteiger partial charge is 0.368 e. The lowest BCUT2D eigenvalue weighted by molar-refractivity contribution is -0.122. The second-order valence-electron chi connectivity index (χ2n) is 1.93. The highest BCUT2D eigenvalue weighted by Gasteiger charge is 1.96. The van der Waals surface area contributed by atoms with Crippen LogP contribution in [0, 0.1) is 0 Å². The number of nitrogens with zero attached hydrogens (tertiary/aromatic N) is 1. The number of thiazole rings is 1. The fourth-order valence-corrected chi connectivity index (χ4v) is 1.10. The van der Waals surface area contributed by atoms with E-state index in [0.29, 0.717) is 6.61 Å². The van der Waals surface area contributed by atoms with Gasteiger partial charge in [-0.3, -0.25) is 9.78 Å². The number of amides is 1. The van der Waals surface area contributed by atoms with Crippen LogP contribution in [0.2, 0.25) is 0 Å². The molecule has 1 rings (SSSR count). The summed E-state index contributed by atoms with van der Waals surface area (Å²) >= 11 is 1.49. The van der Waals surface area contributed by atoms with Gasteiger partial charge < -0.3 is 10.5 Å². The number of ether oxygens (including phenoxy) is 1. The minimum Gasteiger partial charge on any atom is -0.368 e. The maximum atomic E-state index is 10.2. The van der Waals surface area contributed by atoms with Crippen LogP contribution in [0.1, 0.15) is 4.88 Å². The standard InChI is InChI=1S/C6H8N2O2S/c7-6(9)3-10-2-5-1-8-4-11-5/h1,4H,2-3H2,(H2,7,9). The summed E-state index contributed by atoms with van der Waals surface area (Å²) in [5, 5.41) is 0. The smallest absolute Gasteiger partial charge is 0.243 e. The van der Waals surface area contributed by atoms with E-state index in [0.717, 1.165) is 4.88 Å². The number of carbonyl (C=O) groups is 1. The van der Waals surface area contributed by atoms with E-state index in [1.807, 2.05) is 0 Å². The molecule has 0 saturated carbocycles. The zero-order chi connectivity index (χ0) is 8.10. The number of hydrogen-bond acceptors (Lipinski definition) is 4. The van der Waals surface area contributed by atoms with Gasteiger partial charge in [0.25, 0.3) is 0 Å². The first-order valence-corrected chi connectivity index (χ1v) is 3.90. The predicted molar refractivity (Wildman–Crippen MR) is 41.0 cm³/mol. The Labute approximate surface area is 68.0 Å². The fraction of sp³-hybridized carbons (Fsp3) is 0.333. The highest BCUT2D eigenvalue weighted by molar-refractivity contribution is 7.09. The van der Waals surface area contributed by atoms with Crippen molar-refractivity contribution in [3.8, 4) is 0 Å². The quantitative estimate of drug-likeness (QED) is 0.702. The molecule has 0 fully saturated rings. The van der Waals surface area contributed by atoms with E-state index < -0.39 is 5.91 Å². The second-order valence-corrected chi connectivity index (χ2v) is 2.90. The SMILES string of the molecule is NC(=O)COCc1cncs1. The van der Waals surface area contributed by atoms with E-state index in [9.17, 15) is 4.79 Å². The van der Waals surface area contributed by atoms with Crippen LogP contribution in [-0.4, -0.2) is 17.5 Å². The molecule has 0 aliphatic carbocycles. The number of hydrogen-bond donors (Lipinski definition) is 1. The zero-order valence-corrected chi connectivity index (χ0v) is 6.63. The number of primary amides is 1. The number of aromatic nitrogens is 1. The average Bonchev–Trinajstić information content (AvgIpc) is 2.39. The lowest BCUT2D eigenvalue weighted by Gasteiger charge is -1.96. The summed E-state index contributed by atoms with van der Waals surface area (Å²) in [4.78, 5) is 15.0. The molecule has 0 aromatic carbocycles. The molecule has 5 heteroatoms. The molecule has 0 aliphatic rings. The summed E-state index contributed by atoms with van der Waals surface area (Å²) < 4.78 is 4.94. The van der Waals surface area contributed by atoms with Gasteiger partial charge in [-0.25, -0.2) is 0 Å². The van der Waals surface area contributed by atoms with Gasteiger partial charge in [0.15, 0.2) is 0 Å². The zero-order valence-electron chi connectivity index (χ0n) is 5.82. The monoisotopic (exact) mass is 172 g/mol. The van der Waals surface area contributed by atoms with Crippen LogP contribution in [0.5, 0.6) is 0 Å². The van der Waals surface area contributed by atoms with E-state index in [2.05, 4.69) is 4.98 Å². The molecule has 4 nitrogen and oxygen atoms in total. The first kappa shape index (κ1) is 8.16. The maximum absolute atomic E-state index is 10.2. The Kier molecular flexibility index (Phi) is 3.00. The maximum Gasteiger partial charge on any atom is 0.243 e. The van der Waals surface area contributed by atoms with Crippen LogP contribution in [0.4, 0.5) is 0 Å². The molecule has 1 aromatic rings. The third-order valence-electron chi connectivity index (χ3n) is 0.972. The normalized spacial score (nSPS) is 9.82. The van der Waals surface area contributed by atoms with Crippen molar-refractivity contribution in [2.45, 2.75) is 6.61 Å². The highest BCUT2D eigenvalue weighted by Crippen LogP contribution is 2.05. The molecular formula is C6H8N2O2S. The molecule has 60 valence electrons. The van der Waals surface area contributed by atoms with Crippen LogP contribution >= 0.6 is 11.3 Å². The fourth-order valence-electron chi connectivity index (χ4n) is 0.566. The Balaban J connectivity index is 2.19. The Morgan fingerprint density at radius 1 is 1.82 bits per heavy atom. The molecule has 0 radical (unpaired) electrons. The molecule has 2 N–H and O–H groups in total. The van der Waals surface area contributed by atoms with Crippen LogP contribution in [0.25, 0.3) is 0 Å². The number of nitrogens with two attached hydrogens (primary N) is 1. The van der Waals surface area contributed by atoms with Gasteiger partial charge in [-0.2, -0.15) is 0 Å². The van der Waals surface area contributed by atoms with Gasteiger partial charge in [-0.15, -0.1) is 11.3 Å². The molecular weight excluding hydrogens is 164 g/mol. The molecule has 11 heavy (non-hydrogen) atoms. The van der Waals surface area contributed by atoms with Crippen molar-refractivity contribution >= 4 is 17.2 Å². The van der Waals surface area contributed by atoms with E-state index in [1.165, 1.54) is 11.3 Å². The molecule has 0 saturated heterocycles. The molecule has 0 spiro atoms. The van der Waals surface area contributed by atoms with Crippen LogP contribution in [0.15, 0.2) is 11.7 Å². The topological polar surface area (TPSA) is 65.2 Å². The Bertz CT molecular complexity index is 222. The van der Waals surface area contributed by atoms with Crippen LogP contribution < -0.4 is 5.73 Å². The van der Waals surface area contributed by atoms with Gasteiger partial charge >= 0.3 is 0 Å². The minimum absolute atomic E-state index is 0.0299. The number of carbonyl (C=O) groups excluding carboxylic acids is 1. The third kappa shape index (κ3) is 3.10. The summed E-state index contributed by atoms with van der Waals surface area (Å²) in [6, 6.07) is 0. The second kappa shape index (κ2) is 4.05. The van der Waals surface area contributed by atoms with E-state index in [-0.39, 0.29) is 6.61 Å². The molecule has 0 aliphatic heterocycles. The van der Waals surface area contributed by atoms with Crippen LogP contribution in [0.3, 0.4) is 0 Å². The molecule has 0 unspecified atom stereocenters. The first-order valence-electron chi connectivity index (χ1n) is 3.02. The summed E-state index contributed by atoms with van der Waals surface area (Å²) in [5.74, 6) is -0.450. The predicted octanol–water partition coefficient (Wildman–Crippen LogP) is 0.145. The van der Waals surface area contributed by atoms with Gasteiger partial charge in [0.05, 0.1) is 17.0 Å². The highest BCUT2D eigenvalue weighted by atomic mass is 32.1. The lowest BCUT2D eigenvalue weighted by atomic mass is 10.6. The van der Waals surface area contributed by atoms with E-state index >= 15 is 0 Å². The lowest BCUT2D eigenvalue weighted by Crippen LogP contribution is -2.17. The third-order valence-corrected chi connectivity index (χ3v) is 1.73. The summed E-state index contributed by atoms with van der Waals surface area (Å²) in [6.07, 6.45) is 1.70. The summed E-state index contributed by atoms with van der Waals surface area (Å²) in [7, 11) is 0. The summed E-state index contributed by atoms with van der Waals surface area (Å²) in [5.41, 5.74) is 6.57. The van der Waals surface area contributed by atoms with Gasteiger partial charge in [-0.1, -0.05) is 0 Å². The van der Waals surface area contributed by atoms with E-state index in [1.54, 1.807) is 11.7 Å². The summed E-state index contributed by atoms with van der Waals surface area (Å²) in [6.45, 7) is 0.380. The average molecular weight is 172 g/mol.